The summed E-state index contributed by atoms with van der Waals surface area (Å²) in [7, 11) is 0. The number of rotatable bonds is 4. The molecule has 0 bridgehead atoms. The van der Waals surface area contributed by atoms with E-state index in [1.165, 1.54) is 18.6 Å². The predicted octanol–water partition coefficient (Wildman–Crippen LogP) is 4.12. The number of benzene rings is 1. The third-order valence-corrected chi connectivity index (χ3v) is 3.16. The lowest BCUT2D eigenvalue weighted by Gasteiger charge is -2.16. The smallest absolute Gasteiger partial charge is 0.270 e. The van der Waals surface area contributed by atoms with Gasteiger partial charge in [0, 0.05) is 17.7 Å². The predicted molar refractivity (Wildman–Crippen MR) is 75.2 cm³/mol. The number of hydrogen-bond donors (Lipinski definition) is 0. The van der Waals surface area contributed by atoms with Crippen LogP contribution in [0.5, 0.6) is 5.75 Å². The Kier molecular flexibility index (Phi) is 4.34. The van der Waals surface area contributed by atoms with Gasteiger partial charge in [-0.2, -0.15) is 0 Å². The van der Waals surface area contributed by atoms with Gasteiger partial charge in [-0.25, -0.2) is 0 Å². The molecule has 0 amide bonds. The zero-order valence-corrected chi connectivity index (χ0v) is 10.7. The third-order valence-electron chi connectivity index (χ3n) is 3.16. The molecule has 1 aliphatic carbocycles. The lowest BCUT2D eigenvalue weighted by Crippen LogP contribution is -2.13. The number of allylic oxidation sites excluding steroid dienone is 1. The lowest BCUT2D eigenvalue weighted by atomic mass is 10.1. The molecule has 0 spiro atoms. The summed E-state index contributed by atoms with van der Waals surface area (Å²) in [6.45, 7) is 3.68. The molecule has 0 radical (unpaired) electrons. The molecular formula is C15H17NO3. The lowest BCUT2D eigenvalue weighted by molar-refractivity contribution is -0.384. The largest absolute Gasteiger partial charge is 0.486 e. The van der Waals surface area contributed by atoms with E-state index in [0.717, 1.165) is 19.3 Å². The molecule has 0 N–H and O–H groups in total. The highest BCUT2D eigenvalue weighted by Gasteiger charge is 2.14. The summed E-state index contributed by atoms with van der Waals surface area (Å²) < 4.78 is 5.91. The second kappa shape index (κ2) is 6.18. The summed E-state index contributed by atoms with van der Waals surface area (Å²) in [5, 5.41) is 10.7. The molecule has 1 aromatic rings. The zero-order chi connectivity index (χ0) is 13.7. The Hall–Kier alpha value is -2.10. The van der Waals surface area contributed by atoms with Gasteiger partial charge < -0.3 is 4.74 Å². The third kappa shape index (κ3) is 3.44. The first-order chi connectivity index (χ1) is 9.20. The fourth-order valence-corrected chi connectivity index (χ4v) is 2.13. The molecule has 2 rings (SSSR count). The van der Waals surface area contributed by atoms with E-state index in [4.69, 9.17) is 4.74 Å². The summed E-state index contributed by atoms with van der Waals surface area (Å²) >= 11 is 0. The summed E-state index contributed by atoms with van der Waals surface area (Å²) in [4.78, 5) is 10.3. The van der Waals surface area contributed by atoms with Gasteiger partial charge in [0.2, 0.25) is 0 Å². The Morgan fingerprint density at radius 2 is 2.26 bits per heavy atom. The minimum absolute atomic E-state index is 0.0441. The molecule has 4 nitrogen and oxygen atoms in total. The van der Waals surface area contributed by atoms with Crippen LogP contribution in [0.25, 0.3) is 6.08 Å². The molecule has 0 saturated carbocycles. The first-order valence-corrected chi connectivity index (χ1v) is 6.45. The highest BCUT2D eigenvalue weighted by Crippen LogP contribution is 2.27. The van der Waals surface area contributed by atoms with Crippen molar-refractivity contribution in [2.75, 3.05) is 0 Å². The van der Waals surface area contributed by atoms with Gasteiger partial charge in [-0.05, 0) is 37.8 Å². The van der Waals surface area contributed by atoms with Gasteiger partial charge in [0.1, 0.15) is 11.9 Å². The standard InChI is InChI=1S/C15H17NO3/c1-2-12-11-13(16(17)18)9-10-15(12)19-14-7-5-3-4-6-8-14/h2,5,7,9-11,14H,1,3-4,6,8H2. The van der Waals surface area contributed by atoms with Crippen LogP contribution in [0.15, 0.2) is 36.9 Å². The minimum Gasteiger partial charge on any atom is -0.486 e. The Morgan fingerprint density at radius 3 is 3.00 bits per heavy atom. The summed E-state index contributed by atoms with van der Waals surface area (Å²) in [5.74, 6) is 0.650. The normalized spacial score (nSPS) is 18.6. The minimum atomic E-state index is -0.414. The molecule has 0 saturated heterocycles. The topological polar surface area (TPSA) is 52.4 Å². The number of non-ortho nitro benzene ring substituents is 1. The molecule has 1 aliphatic rings. The molecular weight excluding hydrogens is 242 g/mol. The molecule has 1 unspecified atom stereocenters. The maximum absolute atomic E-state index is 10.7. The van der Waals surface area contributed by atoms with Crippen LogP contribution in [0.3, 0.4) is 0 Å². The average Bonchev–Trinajstić information content (AvgIpc) is 2.67. The van der Waals surface area contributed by atoms with Gasteiger partial charge >= 0.3 is 0 Å². The van der Waals surface area contributed by atoms with Gasteiger partial charge in [0.05, 0.1) is 4.92 Å². The van der Waals surface area contributed by atoms with E-state index in [2.05, 4.69) is 18.7 Å². The Labute approximate surface area is 112 Å². The van der Waals surface area contributed by atoms with Gasteiger partial charge in [0.15, 0.2) is 0 Å². The van der Waals surface area contributed by atoms with Crippen molar-refractivity contribution in [1.29, 1.82) is 0 Å². The molecule has 0 fully saturated rings. The Morgan fingerprint density at radius 1 is 1.42 bits per heavy atom. The SMILES string of the molecule is C=Cc1cc([N+](=O)[O-])ccc1OC1C=CCCCC1. The van der Waals surface area contributed by atoms with Crippen LogP contribution in [-0.2, 0) is 0 Å². The van der Waals surface area contributed by atoms with Crippen molar-refractivity contribution in [3.63, 3.8) is 0 Å². The average molecular weight is 259 g/mol. The van der Waals surface area contributed by atoms with Gasteiger partial charge in [-0.3, -0.25) is 10.1 Å². The van der Waals surface area contributed by atoms with Crippen LogP contribution in [0.4, 0.5) is 5.69 Å². The fraction of sp³-hybridized carbons (Fsp3) is 0.333. The summed E-state index contributed by atoms with van der Waals surface area (Å²) in [6.07, 6.45) is 10.2. The van der Waals surface area contributed by atoms with Gasteiger partial charge in [0.25, 0.3) is 5.69 Å². The molecule has 0 heterocycles. The van der Waals surface area contributed by atoms with E-state index in [0.29, 0.717) is 11.3 Å². The van der Waals surface area contributed by atoms with Crippen LogP contribution in [0.1, 0.15) is 31.2 Å². The molecule has 1 atom stereocenters. The van der Waals surface area contributed by atoms with Crippen LogP contribution in [0, 0.1) is 10.1 Å². The zero-order valence-electron chi connectivity index (χ0n) is 10.7. The van der Waals surface area contributed by atoms with E-state index in [1.54, 1.807) is 12.1 Å². The molecule has 100 valence electrons. The van der Waals surface area contributed by atoms with Crippen molar-refractivity contribution < 1.29 is 9.66 Å². The van der Waals surface area contributed by atoms with Crippen LogP contribution >= 0.6 is 0 Å². The molecule has 1 aromatic carbocycles. The van der Waals surface area contributed by atoms with Gasteiger partial charge in [-0.15, -0.1) is 0 Å². The van der Waals surface area contributed by atoms with Crippen molar-refractivity contribution >= 4 is 11.8 Å². The number of nitro groups is 1. The number of nitro benzene ring substituents is 1. The molecule has 0 aliphatic heterocycles. The van der Waals surface area contributed by atoms with Gasteiger partial charge in [-0.1, -0.05) is 18.7 Å². The van der Waals surface area contributed by atoms with E-state index < -0.39 is 4.92 Å². The second-order valence-corrected chi connectivity index (χ2v) is 4.55. The fourth-order valence-electron chi connectivity index (χ4n) is 2.13. The molecule has 0 aromatic heterocycles. The first kappa shape index (κ1) is 13.3. The van der Waals surface area contributed by atoms with E-state index in [1.807, 2.05) is 0 Å². The van der Waals surface area contributed by atoms with Crippen molar-refractivity contribution in [1.82, 2.24) is 0 Å². The highest BCUT2D eigenvalue weighted by molar-refractivity contribution is 5.59. The molecule has 4 heteroatoms. The number of hydrogen-bond acceptors (Lipinski definition) is 3. The van der Waals surface area contributed by atoms with Crippen LogP contribution < -0.4 is 4.74 Å². The monoisotopic (exact) mass is 259 g/mol. The summed E-state index contributed by atoms with van der Waals surface area (Å²) in [6, 6.07) is 4.60. The van der Waals surface area contributed by atoms with E-state index in [9.17, 15) is 10.1 Å². The van der Waals surface area contributed by atoms with E-state index >= 15 is 0 Å². The maximum atomic E-state index is 10.7. The van der Waals surface area contributed by atoms with Crippen molar-refractivity contribution in [3.8, 4) is 5.75 Å². The Bertz CT molecular complexity index is 508. The summed E-state index contributed by atoms with van der Waals surface area (Å²) in [5.41, 5.74) is 0.713. The molecule has 19 heavy (non-hydrogen) atoms. The number of nitrogens with zero attached hydrogens (tertiary/aromatic N) is 1. The second-order valence-electron chi connectivity index (χ2n) is 4.55. The Balaban J connectivity index is 2.19. The van der Waals surface area contributed by atoms with Crippen LogP contribution in [0.2, 0.25) is 0 Å². The maximum Gasteiger partial charge on any atom is 0.270 e. The van der Waals surface area contributed by atoms with Crippen molar-refractivity contribution in [2.45, 2.75) is 31.8 Å². The first-order valence-electron chi connectivity index (χ1n) is 6.45. The quantitative estimate of drug-likeness (QED) is 0.464. The van der Waals surface area contributed by atoms with E-state index in [-0.39, 0.29) is 11.8 Å². The highest BCUT2D eigenvalue weighted by atomic mass is 16.6. The van der Waals surface area contributed by atoms with Crippen LogP contribution in [-0.4, -0.2) is 11.0 Å². The van der Waals surface area contributed by atoms with Crippen molar-refractivity contribution in [3.05, 3.63) is 52.6 Å². The van der Waals surface area contributed by atoms with Crippen molar-refractivity contribution in [2.24, 2.45) is 0 Å². The number of ether oxygens (including phenoxy) is 1.